The maximum atomic E-state index is 11.8. The fourth-order valence-electron chi connectivity index (χ4n) is 5.44. The second kappa shape index (κ2) is 13.5. The zero-order valence-electron chi connectivity index (χ0n) is 23.0. The Labute approximate surface area is 236 Å². The Balaban J connectivity index is 1.25. The van der Waals surface area contributed by atoms with Gasteiger partial charge in [0.05, 0.1) is 31.5 Å². The molecule has 2 aliphatic heterocycles. The molecular weight excluding hydrogens is 508 g/mol. The fourth-order valence-corrected chi connectivity index (χ4v) is 5.44. The van der Waals surface area contributed by atoms with Crippen LogP contribution in [0.4, 0.5) is 10.5 Å². The van der Waals surface area contributed by atoms with Crippen molar-refractivity contribution in [2.75, 3.05) is 51.4 Å². The van der Waals surface area contributed by atoms with Crippen molar-refractivity contribution in [1.29, 1.82) is 0 Å². The molecule has 0 aromatic heterocycles. The van der Waals surface area contributed by atoms with E-state index in [9.17, 15) is 9.90 Å². The lowest BCUT2D eigenvalue weighted by Crippen LogP contribution is -2.46. The van der Waals surface area contributed by atoms with Crippen molar-refractivity contribution in [2.24, 2.45) is 0 Å². The van der Waals surface area contributed by atoms with Crippen LogP contribution in [0.15, 0.2) is 72.8 Å². The lowest BCUT2D eigenvalue weighted by Gasteiger charge is -2.37. The predicted molar refractivity (Wildman–Crippen MR) is 153 cm³/mol. The number of rotatable bonds is 11. The van der Waals surface area contributed by atoms with E-state index in [2.05, 4.69) is 23.1 Å². The van der Waals surface area contributed by atoms with E-state index in [0.717, 1.165) is 60.0 Å². The average molecular weight is 547 g/mol. The molecule has 2 aliphatic rings. The SMILES string of the molecule is COCCCN1CCOc2ccc(COC3CN(C(=O)O)CCC3c3ccc(OCc4ccccc4)cc3)cc21. The Bertz CT molecular complexity index is 1240. The number of piperidine rings is 1. The molecule has 5 rings (SSSR count). The van der Waals surface area contributed by atoms with E-state index in [1.54, 1.807) is 7.11 Å². The molecule has 0 bridgehead atoms. The zero-order chi connectivity index (χ0) is 27.7. The fraction of sp³-hybridized carbons (Fsp3) is 0.406. The number of hydrogen-bond donors (Lipinski definition) is 1. The number of carboxylic acid groups (broad SMARTS) is 1. The molecule has 40 heavy (non-hydrogen) atoms. The number of likely N-dealkylation sites (tertiary alicyclic amines) is 1. The van der Waals surface area contributed by atoms with Gasteiger partial charge in [-0.3, -0.25) is 0 Å². The average Bonchev–Trinajstić information content (AvgIpc) is 3.00. The number of hydrogen-bond acceptors (Lipinski definition) is 6. The lowest BCUT2D eigenvalue weighted by atomic mass is 9.87. The summed E-state index contributed by atoms with van der Waals surface area (Å²) >= 11 is 0. The number of nitrogens with zero attached hydrogens (tertiary/aromatic N) is 2. The van der Waals surface area contributed by atoms with Crippen molar-refractivity contribution in [3.8, 4) is 11.5 Å². The van der Waals surface area contributed by atoms with Crippen molar-refractivity contribution < 1.29 is 28.8 Å². The van der Waals surface area contributed by atoms with Crippen LogP contribution in [0, 0.1) is 0 Å². The van der Waals surface area contributed by atoms with Gasteiger partial charge in [-0.2, -0.15) is 0 Å². The van der Waals surface area contributed by atoms with E-state index < -0.39 is 6.09 Å². The first-order valence-corrected chi connectivity index (χ1v) is 14.0. The van der Waals surface area contributed by atoms with Crippen LogP contribution in [-0.2, 0) is 22.7 Å². The number of ether oxygens (including phenoxy) is 4. The van der Waals surface area contributed by atoms with Gasteiger partial charge in [0, 0.05) is 32.7 Å². The molecule has 0 saturated carbocycles. The van der Waals surface area contributed by atoms with Crippen molar-refractivity contribution in [1.82, 2.24) is 4.90 Å². The maximum Gasteiger partial charge on any atom is 0.407 e. The van der Waals surface area contributed by atoms with E-state index in [0.29, 0.717) is 39.3 Å². The van der Waals surface area contributed by atoms with Crippen LogP contribution in [0.3, 0.4) is 0 Å². The van der Waals surface area contributed by atoms with Crippen molar-refractivity contribution in [2.45, 2.75) is 38.1 Å². The normalized spacial score (nSPS) is 18.6. The van der Waals surface area contributed by atoms with Crippen LogP contribution >= 0.6 is 0 Å². The first kappa shape index (κ1) is 27.8. The van der Waals surface area contributed by atoms with Crippen LogP contribution in [0.5, 0.6) is 11.5 Å². The second-order valence-electron chi connectivity index (χ2n) is 10.3. The van der Waals surface area contributed by atoms with Gasteiger partial charge in [-0.25, -0.2) is 4.79 Å². The highest BCUT2D eigenvalue weighted by molar-refractivity contribution is 5.65. The van der Waals surface area contributed by atoms with Gasteiger partial charge >= 0.3 is 6.09 Å². The van der Waals surface area contributed by atoms with Gasteiger partial charge in [-0.15, -0.1) is 0 Å². The first-order valence-electron chi connectivity index (χ1n) is 14.0. The van der Waals surface area contributed by atoms with Gasteiger partial charge in [-0.05, 0) is 53.8 Å². The summed E-state index contributed by atoms with van der Waals surface area (Å²) in [7, 11) is 1.72. The molecular formula is C32H38N2O6. The molecule has 2 unspecified atom stereocenters. The number of fused-ring (bicyclic) bond motifs is 1. The van der Waals surface area contributed by atoms with Crippen LogP contribution in [-0.4, -0.2) is 68.7 Å². The minimum absolute atomic E-state index is 0.0882. The summed E-state index contributed by atoms with van der Waals surface area (Å²) in [6.07, 6.45) is 0.481. The Morgan fingerprint density at radius 3 is 2.60 bits per heavy atom. The van der Waals surface area contributed by atoms with Gasteiger partial charge in [-0.1, -0.05) is 48.5 Å². The summed E-state index contributed by atoms with van der Waals surface area (Å²) in [4.78, 5) is 15.6. The molecule has 0 aliphatic carbocycles. The quantitative estimate of drug-likeness (QED) is 0.316. The van der Waals surface area contributed by atoms with E-state index >= 15 is 0 Å². The third-order valence-electron chi connectivity index (χ3n) is 7.61. The summed E-state index contributed by atoms with van der Waals surface area (Å²) in [5.74, 6) is 1.78. The molecule has 0 radical (unpaired) electrons. The van der Waals surface area contributed by atoms with Crippen molar-refractivity contribution in [3.05, 3.63) is 89.5 Å². The maximum absolute atomic E-state index is 11.8. The molecule has 8 heteroatoms. The highest BCUT2D eigenvalue weighted by atomic mass is 16.5. The van der Waals surface area contributed by atoms with Gasteiger partial charge in [0.1, 0.15) is 24.7 Å². The molecule has 2 atom stereocenters. The molecule has 212 valence electrons. The zero-order valence-corrected chi connectivity index (χ0v) is 23.0. The van der Waals surface area contributed by atoms with E-state index in [1.807, 2.05) is 54.6 Å². The van der Waals surface area contributed by atoms with Gasteiger partial charge in [0.25, 0.3) is 0 Å². The summed E-state index contributed by atoms with van der Waals surface area (Å²) in [5, 5.41) is 9.66. The second-order valence-corrected chi connectivity index (χ2v) is 10.3. The molecule has 1 saturated heterocycles. The Hall–Kier alpha value is -3.75. The summed E-state index contributed by atoms with van der Waals surface area (Å²) < 4.78 is 23.5. The minimum atomic E-state index is -0.908. The van der Waals surface area contributed by atoms with Crippen LogP contribution in [0.2, 0.25) is 0 Å². The van der Waals surface area contributed by atoms with Gasteiger partial charge < -0.3 is 33.9 Å². The molecule has 1 fully saturated rings. The third kappa shape index (κ3) is 7.06. The van der Waals surface area contributed by atoms with E-state index in [1.165, 1.54) is 4.90 Å². The highest BCUT2D eigenvalue weighted by Gasteiger charge is 2.33. The van der Waals surface area contributed by atoms with Crippen molar-refractivity contribution in [3.63, 3.8) is 0 Å². The summed E-state index contributed by atoms with van der Waals surface area (Å²) in [6, 6.07) is 24.4. The number of anilines is 1. The topological polar surface area (TPSA) is 80.7 Å². The molecule has 2 heterocycles. The molecule has 0 spiro atoms. The number of amides is 1. The summed E-state index contributed by atoms with van der Waals surface area (Å²) in [6.45, 7) is 4.86. The minimum Gasteiger partial charge on any atom is -0.490 e. The third-order valence-corrected chi connectivity index (χ3v) is 7.61. The van der Waals surface area contributed by atoms with Gasteiger partial charge in [0.15, 0.2) is 0 Å². The van der Waals surface area contributed by atoms with E-state index in [-0.39, 0.29) is 12.0 Å². The molecule has 3 aromatic rings. The summed E-state index contributed by atoms with van der Waals surface area (Å²) in [5.41, 5.74) is 4.36. The number of benzene rings is 3. The van der Waals surface area contributed by atoms with Crippen LogP contribution in [0.25, 0.3) is 0 Å². The first-order chi connectivity index (χ1) is 19.6. The van der Waals surface area contributed by atoms with Gasteiger partial charge in [0.2, 0.25) is 0 Å². The van der Waals surface area contributed by atoms with E-state index in [4.69, 9.17) is 18.9 Å². The Kier molecular flexibility index (Phi) is 9.42. The smallest absolute Gasteiger partial charge is 0.407 e. The highest BCUT2D eigenvalue weighted by Crippen LogP contribution is 2.35. The molecule has 8 nitrogen and oxygen atoms in total. The number of methoxy groups -OCH3 is 1. The Morgan fingerprint density at radius 2 is 1.82 bits per heavy atom. The lowest BCUT2D eigenvalue weighted by molar-refractivity contribution is -0.0199. The van der Waals surface area contributed by atoms with Crippen molar-refractivity contribution >= 4 is 11.8 Å². The molecule has 1 amide bonds. The largest absolute Gasteiger partial charge is 0.490 e. The standard InChI is InChI=1S/C32H38N2O6/c1-37-18-5-15-33-17-19-38-30-13-8-25(20-29(30)33)23-40-31-21-34(32(35)36)16-14-28(31)26-9-11-27(12-10-26)39-22-24-6-3-2-4-7-24/h2-4,6-13,20,28,31H,5,14-19,21-23H2,1H3,(H,35,36). The van der Waals surface area contributed by atoms with Crippen LogP contribution in [0.1, 0.15) is 35.4 Å². The monoisotopic (exact) mass is 546 g/mol. The van der Waals surface area contributed by atoms with Crippen LogP contribution < -0.4 is 14.4 Å². The predicted octanol–water partition coefficient (Wildman–Crippen LogP) is 5.55. The molecule has 1 N–H and O–H groups in total. The Morgan fingerprint density at radius 1 is 1.00 bits per heavy atom. The molecule has 3 aromatic carbocycles. The number of carbonyl (C=O) groups is 1.